The highest BCUT2D eigenvalue weighted by Gasteiger charge is 2.07. The third kappa shape index (κ3) is 4.69. The van der Waals surface area contributed by atoms with Crippen molar-refractivity contribution >= 4 is 34.7 Å². The van der Waals surface area contributed by atoms with E-state index in [4.69, 9.17) is 5.26 Å². The number of amides is 1. The summed E-state index contributed by atoms with van der Waals surface area (Å²) in [5.74, 6) is 0.623. The Morgan fingerprint density at radius 3 is 2.76 bits per heavy atom. The van der Waals surface area contributed by atoms with Crippen molar-refractivity contribution in [1.82, 2.24) is 4.98 Å². The molecule has 0 aliphatic rings. The van der Waals surface area contributed by atoms with Crippen molar-refractivity contribution in [1.29, 1.82) is 5.26 Å². The van der Waals surface area contributed by atoms with Gasteiger partial charge in [-0.2, -0.15) is 5.26 Å². The quantitative estimate of drug-likeness (QED) is 0.655. The number of carbonyl (C=O) groups is 1. The van der Waals surface area contributed by atoms with Gasteiger partial charge in [0.15, 0.2) is 0 Å². The normalized spacial score (nSPS) is 10.2. The fourth-order valence-corrected chi connectivity index (χ4v) is 3.71. The molecule has 1 N–H and O–H groups in total. The summed E-state index contributed by atoms with van der Waals surface area (Å²) in [6.45, 7) is 2.00. The molecule has 0 saturated heterocycles. The number of thiazole rings is 1. The van der Waals surface area contributed by atoms with Gasteiger partial charge in [0.05, 0.1) is 22.3 Å². The lowest BCUT2D eigenvalue weighted by Gasteiger charge is -2.06. The van der Waals surface area contributed by atoms with Crippen LogP contribution in [0.2, 0.25) is 0 Å². The molecule has 0 saturated carbocycles. The monoisotopic (exact) mass is 365 g/mol. The molecule has 0 radical (unpaired) electrons. The molecule has 0 bridgehead atoms. The van der Waals surface area contributed by atoms with Crippen LogP contribution >= 0.6 is 23.1 Å². The molecule has 2 aromatic carbocycles. The first kappa shape index (κ1) is 17.2. The molecule has 0 spiro atoms. The van der Waals surface area contributed by atoms with Crippen LogP contribution in [0.15, 0.2) is 58.8 Å². The number of rotatable bonds is 5. The summed E-state index contributed by atoms with van der Waals surface area (Å²) >= 11 is 3.34. The smallest absolute Gasteiger partial charge is 0.255 e. The van der Waals surface area contributed by atoms with E-state index in [1.807, 2.05) is 19.1 Å². The second-order valence-electron chi connectivity index (χ2n) is 5.32. The minimum absolute atomic E-state index is 0.193. The van der Waals surface area contributed by atoms with Crippen molar-refractivity contribution in [3.63, 3.8) is 0 Å². The minimum Gasteiger partial charge on any atom is -0.322 e. The molecule has 6 heteroatoms. The minimum atomic E-state index is -0.193. The number of hydrogen-bond acceptors (Lipinski definition) is 5. The predicted octanol–water partition coefficient (Wildman–Crippen LogP) is 4.87. The topological polar surface area (TPSA) is 65.8 Å². The lowest BCUT2D eigenvalue weighted by atomic mass is 10.2. The Labute approximate surface area is 154 Å². The van der Waals surface area contributed by atoms with Crippen LogP contribution in [-0.2, 0) is 5.75 Å². The van der Waals surface area contributed by atoms with Crippen molar-refractivity contribution in [2.45, 2.75) is 17.6 Å². The third-order valence-electron chi connectivity index (χ3n) is 3.42. The van der Waals surface area contributed by atoms with Crippen LogP contribution in [0, 0.1) is 18.3 Å². The van der Waals surface area contributed by atoms with Crippen LogP contribution < -0.4 is 5.32 Å². The molecule has 0 atom stereocenters. The van der Waals surface area contributed by atoms with Crippen molar-refractivity contribution < 1.29 is 4.79 Å². The summed E-state index contributed by atoms with van der Waals surface area (Å²) in [5.41, 5.74) is 2.78. The number of hydrogen-bond donors (Lipinski definition) is 1. The molecular weight excluding hydrogens is 350 g/mol. The summed E-state index contributed by atoms with van der Waals surface area (Å²) < 4.78 is 0. The van der Waals surface area contributed by atoms with E-state index in [0.29, 0.717) is 16.8 Å². The van der Waals surface area contributed by atoms with E-state index >= 15 is 0 Å². The van der Waals surface area contributed by atoms with Gasteiger partial charge >= 0.3 is 0 Å². The molecule has 1 amide bonds. The molecule has 1 heterocycles. The second-order valence-corrected chi connectivity index (χ2v) is 7.43. The first-order valence-corrected chi connectivity index (χ1v) is 9.46. The van der Waals surface area contributed by atoms with Crippen molar-refractivity contribution in [2.24, 2.45) is 0 Å². The Morgan fingerprint density at radius 1 is 1.28 bits per heavy atom. The predicted molar refractivity (Wildman–Crippen MR) is 102 cm³/mol. The van der Waals surface area contributed by atoms with Crippen LogP contribution in [0.4, 0.5) is 5.69 Å². The van der Waals surface area contributed by atoms with E-state index < -0.39 is 0 Å². The Morgan fingerprint density at radius 2 is 2.08 bits per heavy atom. The molecule has 0 aliphatic heterocycles. The molecular formula is C19H15N3OS2. The SMILES string of the molecule is Cc1nc(CSc2ccc(C(=O)Nc3cccc(C#N)c3)cc2)cs1. The number of aryl methyl sites for hydroxylation is 1. The van der Waals surface area contributed by atoms with E-state index in [1.165, 1.54) is 0 Å². The molecule has 0 aliphatic carbocycles. The van der Waals surface area contributed by atoms with Crippen LogP contribution in [0.1, 0.15) is 26.6 Å². The summed E-state index contributed by atoms with van der Waals surface area (Å²) in [7, 11) is 0. The van der Waals surface area contributed by atoms with Gasteiger partial charge in [-0.25, -0.2) is 4.98 Å². The van der Waals surface area contributed by atoms with Gasteiger partial charge in [-0.15, -0.1) is 23.1 Å². The number of nitrogens with zero attached hydrogens (tertiary/aromatic N) is 2. The zero-order valence-corrected chi connectivity index (χ0v) is 15.2. The number of benzene rings is 2. The maximum atomic E-state index is 12.3. The van der Waals surface area contributed by atoms with Gasteiger partial charge in [-0.05, 0) is 49.4 Å². The number of anilines is 1. The lowest BCUT2D eigenvalue weighted by Crippen LogP contribution is -2.11. The molecule has 0 unspecified atom stereocenters. The lowest BCUT2D eigenvalue weighted by molar-refractivity contribution is 0.102. The van der Waals surface area contributed by atoms with Crippen LogP contribution in [0.3, 0.4) is 0 Å². The number of carbonyl (C=O) groups excluding carboxylic acids is 1. The highest BCUT2D eigenvalue weighted by atomic mass is 32.2. The zero-order valence-electron chi connectivity index (χ0n) is 13.5. The fourth-order valence-electron chi connectivity index (χ4n) is 2.20. The summed E-state index contributed by atoms with van der Waals surface area (Å²) in [5, 5.41) is 14.9. The van der Waals surface area contributed by atoms with Crippen molar-refractivity contribution in [3.8, 4) is 6.07 Å². The standard InChI is InChI=1S/C19H15N3OS2/c1-13-21-17(11-24-13)12-25-18-7-5-15(6-8-18)19(23)22-16-4-2-3-14(9-16)10-20/h2-9,11H,12H2,1H3,(H,22,23). The molecule has 3 aromatic rings. The Bertz CT molecular complexity index is 926. The molecule has 0 fully saturated rings. The van der Waals surface area contributed by atoms with Gasteiger partial charge in [-0.1, -0.05) is 6.07 Å². The summed E-state index contributed by atoms with van der Waals surface area (Å²) in [6, 6.07) is 16.4. The highest BCUT2D eigenvalue weighted by Crippen LogP contribution is 2.24. The number of aromatic nitrogens is 1. The average molecular weight is 365 g/mol. The van der Waals surface area contributed by atoms with Gasteiger partial charge in [0.2, 0.25) is 0 Å². The first-order valence-electron chi connectivity index (χ1n) is 7.59. The summed E-state index contributed by atoms with van der Waals surface area (Å²) in [4.78, 5) is 17.8. The van der Waals surface area contributed by atoms with E-state index in [2.05, 4.69) is 21.8 Å². The zero-order chi connectivity index (χ0) is 17.6. The third-order valence-corrected chi connectivity index (χ3v) is 5.29. The molecule has 25 heavy (non-hydrogen) atoms. The molecule has 3 rings (SSSR count). The number of thioether (sulfide) groups is 1. The van der Waals surface area contributed by atoms with Crippen molar-refractivity contribution in [2.75, 3.05) is 5.32 Å². The van der Waals surface area contributed by atoms with Crippen LogP contribution in [-0.4, -0.2) is 10.9 Å². The van der Waals surface area contributed by atoms with Gasteiger partial charge < -0.3 is 5.32 Å². The van der Waals surface area contributed by atoms with E-state index in [0.717, 1.165) is 21.3 Å². The van der Waals surface area contributed by atoms with E-state index in [9.17, 15) is 4.79 Å². The van der Waals surface area contributed by atoms with Crippen LogP contribution in [0.25, 0.3) is 0 Å². The van der Waals surface area contributed by atoms with Crippen molar-refractivity contribution in [3.05, 3.63) is 75.7 Å². The van der Waals surface area contributed by atoms with Crippen LogP contribution in [0.5, 0.6) is 0 Å². The maximum Gasteiger partial charge on any atom is 0.255 e. The Balaban J connectivity index is 1.61. The average Bonchev–Trinajstić information content (AvgIpc) is 3.06. The number of nitriles is 1. The van der Waals surface area contributed by atoms with Gasteiger partial charge in [-0.3, -0.25) is 4.79 Å². The largest absolute Gasteiger partial charge is 0.322 e. The maximum absolute atomic E-state index is 12.3. The van der Waals surface area contributed by atoms with E-state index in [1.54, 1.807) is 59.5 Å². The van der Waals surface area contributed by atoms with Gasteiger partial charge in [0, 0.05) is 27.3 Å². The molecule has 4 nitrogen and oxygen atoms in total. The van der Waals surface area contributed by atoms with Gasteiger partial charge in [0.1, 0.15) is 0 Å². The highest BCUT2D eigenvalue weighted by molar-refractivity contribution is 7.98. The second kappa shape index (κ2) is 7.97. The Hall–Kier alpha value is -2.62. The van der Waals surface area contributed by atoms with Gasteiger partial charge in [0.25, 0.3) is 5.91 Å². The fraction of sp³-hybridized carbons (Fsp3) is 0.105. The summed E-state index contributed by atoms with van der Waals surface area (Å²) in [6.07, 6.45) is 0. The molecule has 124 valence electrons. The molecule has 1 aromatic heterocycles. The first-order chi connectivity index (χ1) is 12.1. The van der Waals surface area contributed by atoms with E-state index in [-0.39, 0.29) is 5.91 Å². The number of nitrogens with one attached hydrogen (secondary N) is 1. The Kier molecular flexibility index (Phi) is 5.49.